The van der Waals surface area contributed by atoms with Gasteiger partial charge >= 0.3 is 5.97 Å². The molecule has 2 aromatic carbocycles. The van der Waals surface area contributed by atoms with Crippen molar-refractivity contribution in [2.24, 2.45) is 0 Å². The molecule has 0 saturated heterocycles. The van der Waals surface area contributed by atoms with E-state index in [-0.39, 0.29) is 12.5 Å². The third-order valence-corrected chi connectivity index (χ3v) is 3.65. The first-order chi connectivity index (χ1) is 12.6. The summed E-state index contributed by atoms with van der Waals surface area (Å²) in [6, 6.07) is 16.6. The van der Waals surface area contributed by atoms with Gasteiger partial charge < -0.3 is 19.5 Å². The summed E-state index contributed by atoms with van der Waals surface area (Å²) in [6.45, 7) is 1.74. The lowest BCUT2D eigenvalue weighted by Gasteiger charge is -2.14. The third kappa shape index (κ3) is 6.47. The molecule has 0 aliphatic heterocycles. The van der Waals surface area contributed by atoms with Gasteiger partial charge in [0.25, 0.3) is 5.91 Å². The minimum absolute atomic E-state index is 0.270. The molecule has 1 amide bonds. The second kappa shape index (κ2) is 10.1. The van der Waals surface area contributed by atoms with Gasteiger partial charge in [0.05, 0.1) is 7.11 Å². The van der Waals surface area contributed by atoms with Crippen molar-refractivity contribution in [3.8, 4) is 11.5 Å². The maximum absolute atomic E-state index is 12.0. The molecule has 0 saturated carbocycles. The van der Waals surface area contributed by atoms with Crippen molar-refractivity contribution in [1.82, 2.24) is 5.32 Å². The highest BCUT2D eigenvalue weighted by molar-refractivity contribution is 5.83. The summed E-state index contributed by atoms with van der Waals surface area (Å²) in [5, 5.41) is 2.75. The second-order valence-corrected chi connectivity index (χ2v) is 5.62. The van der Waals surface area contributed by atoms with Gasteiger partial charge in [0, 0.05) is 6.54 Å². The summed E-state index contributed by atoms with van der Waals surface area (Å²) in [7, 11) is 1.57. The number of benzene rings is 2. The van der Waals surface area contributed by atoms with Crippen LogP contribution in [0.15, 0.2) is 54.6 Å². The molecule has 0 aliphatic rings. The van der Waals surface area contributed by atoms with Crippen LogP contribution in [0, 0.1) is 0 Å². The molecule has 0 spiro atoms. The molecule has 1 N–H and O–H groups in total. The Morgan fingerprint density at radius 3 is 2.31 bits per heavy atom. The average molecular weight is 357 g/mol. The molecule has 6 nitrogen and oxygen atoms in total. The van der Waals surface area contributed by atoms with Crippen LogP contribution in [0.2, 0.25) is 0 Å². The van der Waals surface area contributed by atoms with Crippen molar-refractivity contribution in [2.45, 2.75) is 19.4 Å². The molecule has 0 bridgehead atoms. The fraction of sp³-hybridized carbons (Fsp3) is 0.300. The molecule has 0 aromatic heterocycles. The van der Waals surface area contributed by atoms with E-state index >= 15 is 0 Å². The average Bonchev–Trinajstić information content (AvgIpc) is 2.67. The zero-order chi connectivity index (χ0) is 18.8. The minimum atomic E-state index is -0.877. The van der Waals surface area contributed by atoms with E-state index in [4.69, 9.17) is 14.2 Å². The number of hydrogen-bond donors (Lipinski definition) is 1. The van der Waals surface area contributed by atoms with Gasteiger partial charge in [0.15, 0.2) is 12.7 Å². The monoisotopic (exact) mass is 357 g/mol. The zero-order valence-corrected chi connectivity index (χ0v) is 14.9. The number of esters is 1. The van der Waals surface area contributed by atoms with Crippen LogP contribution in [-0.2, 0) is 20.7 Å². The molecule has 1 atom stereocenters. The fourth-order valence-electron chi connectivity index (χ4n) is 2.22. The summed E-state index contributed by atoms with van der Waals surface area (Å²) in [5.41, 5.74) is 1.13. The number of ether oxygens (including phenoxy) is 3. The quantitative estimate of drug-likeness (QED) is 0.698. The Kier molecular flexibility index (Phi) is 7.49. The van der Waals surface area contributed by atoms with E-state index in [0.717, 1.165) is 5.56 Å². The predicted octanol–water partition coefficient (Wildman–Crippen LogP) is 2.36. The largest absolute Gasteiger partial charge is 0.497 e. The number of methoxy groups -OCH3 is 1. The number of rotatable bonds is 9. The number of carbonyl (C=O) groups is 2. The smallest absolute Gasteiger partial charge is 0.344 e. The minimum Gasteiger partial charge on any atom is -0.497 e. The molecule has 0 aliphatic carbocycles. The Hall–Kier alpha value is -3.02. The van der Waals surface area contributed by atoms with Crippen LogP contribution in [0.25, 0.3) is 0 Å². The Morgan fingerprint density at radius 2 is 1.65 bits per heavy atom. The molecule has 2 aromatic rings. The van der Waals surface area contributed by atoms with E-state index in [1.807, 2.05) is 30.3 Å². The van der Waals surface area contributed by atoms with E-state index in [0.29, 0.717) is 24.5 Å². The van der Waals surface area contributed by atoms with Crippen LogP contribution < -0.4 is 14.8 Å². The Bertz CT molecular complexity index is 700. The van der Waals surface area contributed by atoms with Crippen LogP contribution in [0.3, 0.4) is 0 Å². The van der Waals surface area contributed by atoms with Gasteiger partial charge in [0.2, 0.25) is 0 Å². The predicted molar refractivity (Wildman–Crippen MR) is 97.2 cm³/mol. The fourth-order valence-corrected chi connectivity index (χ4v) is 2.22. The topological polar surface area (TPSA) is 73.9 Å². The highest BCUT2D eigenvalue weighted by atomic mass is 16.6. The Morgan fingerprint density at radius 1 is 1.00 bits per heavy atom. The summed E-state index contributed by atoms with van der Waals surface area (Å²) in [6.07, 6.45) is -0.161. The van der Waals surface area contributed by atoms with Gasteiger partial charge in [-0.05, 0) is 43.2 Å². The number of carbonyl (C=O) groups excluding carboxylic acids is 2. The van der Waals surface area contributed by atoms with E-state index in [1.54, 1.807) is 31.4 Å². The summed E-state index contributed by atoms with van der Waals surface area (Å²) >= 11 is 0. The van der Waals surface area contributed by atoms with Gasteiger partial charge in [-0.25, -0.2) is 4.79 Å². The zero-order valence-electron chi connectivity index (χ0n) is 14.9. The lowest BCUT2D eigenvalue weighted by molar-refractivity contribution is -0.156. The highest BCUT2D eigenvalue weighted by Gasteiger charge is 2.17. The van der Waals surface area contributed by atoms with Gasteiger partial charge in [-0.2, -0.15) is 0 Å². The lowest BCUT2D eigenvalue weighted by atomic mass is 10.1. The van der Waals surface area contributed by atoms with Crippen molar-refractivity contribution < 1.29 is 23.8 Å². The summed E-state index contributed by atoms with van der Waals surface area (Å²) in [5.74, 6) is 0.272. The molecule has 0 fully saturated rings. The summed E-state index contributed by atoms with van der Waals surface area (Å²) in [4.78, 5) is 23.8. The van der Waals surface area contributed by atoms with E-state index in [1.165, 1.54) is 6.92 Å². The first kappa shape index (κ1) is 19.3. The Balaban J connectivity index is 1.67. The van der Waals surface area contributed by atoms with E-state index in [2.05, 4.69) is 5.32 Å². The molecular weight excluding hydrogens is 334 g/mol. The van der Waals surface area contributed by atoms with Crippen molar-refractivity contribution in [3.63, 3.8) is 0 Å². The van der Waals surface area contributed by atoms with Crippen LogP contribution in [-0.4, -0.2) is 38.2 Å². The van der Waals surface area contributed by atoms with Crippen LogP contribution >= 0.6 is 0 Å². The maximum Gasteiger partial charge on any atom is 0.344 e. The van der Waals surface area contributed by atoms with Crippen molar-refractivity contribution in [2.75, 3.05) is 20.3 Å². The first-order valence-corrected chi connectivity index (χ1v) is 8.36. The van der Waals surface area contributed by atoms with Gasteiger partial charge in [-0.15, -0.1) is 0 Å². The maximum atomic E-state index is 12.0. The molecule has 0 radical (unpaired) electrons. The molecule has 138 valence electrons. The molecule has 6 heteroatoms. The number of hydrogen-bond acceptors (Lipinski definition) is 5. The van der Waals surface area contributed by atoms with Gasteiger partial charge in [-0.1, -0.05) is 30.3 Å². The van der Waals surface area contributed by atoms with Crippen molar-refractivity contribution in [1.29, 1.82) is 0 Å². The number of nitrogens with one attached hydrogen (secondary N) is 1. The van der Waals surface area contributed by atoms with Crippen LogP contribution in [0.1, 0.15) is 12.5 Å². The standard InChI is InChI=1S/C20H23NO5/c1-15(20(23)21-13-12-16-6-4-3-5-7-16)26-19(22)14-25-18-10-8-17(24-2)9-11-18/h3-11,15H,12-14H2,1-2H3,(H,21,23). The molecule has 0 heterocycles. The van der Waals surface area contributed by atoms with Gasteiger partial charge in [-0.3, -0.25) is 4.79 Å². The molecule has 26 heavy (non-hydrogen) atoms. The van der Waals surface area contributed by atoms with E-state index in [9.17, 15) is 9.59 Å². The van der Waals surface area contributed by atoms with Crippen LogP contribution in [0.4, 0.5) is 0 Å². The highest BCUT2D eigenvalue weighted by Crippen LogP contribution is 2.16. The van der Waals surface area contributed by atoms with E-state index < -0.39 is 12.1 Å². The molecular formula is C20H23NO5. The summed E-state index contributed by atoms with van der Waals surface area (Å²) < 4.78 is 15.4. The van der Waals surface area contributed by atoms with Crippen LogP contribution in [0.5, 0.6) is 11.5 Å². The molecule has 2 rings (SSSR count). The van der Waals surface area contributed by atoms with Crippen molar-refractivity contribution >= 4 is 11.9 Å². The lowest BCUT2D eigenvalue weighted by Crippen LogP contribution is -2.37. The van der Waals surface area contributed by atoms with Crippen molar-refractivity contribution in [3.05, 3.63) is 60.2 Å². The SMILES string of the molecule is COc1ccc(OCC(=O)OC(C)C(=O)NCCc2ccccc2)cc1. The first-order valence-electron chi connectivity index (χ1n) is 8.36. The number of amides is 1. The van der Waals surface area contributed by atoms with Gasteiger partial charge in [0.1, 0.15) is 11.5 Å². The molecule has 1 unspecified atom stereocenters. The second-order valence-electron chi connectivity index (χ2n) is 5.62. The normalized spacial score (nSPS) is 11.3. The third-order valence-electron chi connectivity index (χ3n) is 3.65. The Labute approximate surface area is 153 Å².